The zero-order valence-electron chi connectivity index (χ0n) is 16.1. The van der Waals surface area contributed by atoms with Gasteiger partial charge >= 0.3 is 6.08 Å². The van der Waals surface area contributed by atoms with Gasteiger partial charge < -0.3 is 14.1 Å². The van der Waals surface area contributed by atoms with E-state index in [1.165, 1.54) is 12.1 Å². The molecule has 0 saturated heterocycles. The molecule has 0 aliphatic carbocycles. The number of hydrogen-bond donors (Lipinski definition) is 1. The number of rotatable bonds is 6. The second kappa shape index (κ2) is 7.71. The maximum Gasteiger partial charge on any atom is 0.415 e. The molecule has 0 saturated carbocycles. The molecule has 2 aromatic heterocycles. The van der Waals surface area contributed by atoms with Crippen LogP contribution in [0.3, 0.4) is 0 Å². The summed E-state index contributed by atoms with van der Waals surface area (Å²) in [5, 5.41) is 19.1. The SMILES string of the molecule is O=[N+]([O-])c1ccc2nc(-c3ccccc3-c3nnc(OCc4ccccc4)o3)[nH]c2c1. The molecule has 0 aliphatic rings. The summed E-state index contributed by atoms with van der Waals surface area (Å²) in [7, 11) is 0. The number of non-ortho nitro benzene ring substituents is 1. The summed E-state index contributed by atoms with van der Waals surface area (Å²) >= 11 is 0. The van der Waals surface area contributed by atoms with Gasteiger partial charge in [0.1, 0.15) is 12.4 Å². The highest BCUT2D eigenvalue weighted by Gasteiger charge is 2.17. The van der Waals surface area contributed by atoms with Gasteiger partial charge in [0, 0.05) is 23.3 Å². The number of benzene rings is 3. The molecule has 31 heavy (non-hydrogen) atoms. The summed E-state index contributed by atoms with van der Waals surface area (Å²) < 4.78 is 11.3. The van der Waals surface area contributed by atoms with Crippen LogP contribution in [0.4, 0.5) is 5.69 Å². The second-order valence-corrected chi connectivity index (χ2v) is 6.74. The summed E-state index contributed by atoms with van der Waals surface area (Å²) in [4.78, 5) is 18.3. The van der Waals surface area contributed by atoms with Crippen LogP contribution in [0.1, 0.15) is 5.56 Å². The van der Waals surface area contributed by atoms with Crippen LogP contribution in [-0.2, 0) is 6.61 Å². The lowest BCUT2D eigenvalue weighted by Crippen LogP contribution is -1.94. The van der Waals surface area contributed by atoms with E-state index in [0.29, 0.717) is 29.0 Å². The van der Waals surface area contributed by atoms with Crippen LogP contribution in [0.2, 0.25) is 0 Å². The number of nitro benzene ring substituents is 1. The minimum Gasteiger partial charge on any atom is -0.444 e. The number of nitrogens with one attached hydrogen (secondary N) is 1. The molecule has 0 atom stereocenters. The number of hydrogen-bond acceptors (Lipinski definition) is 7. The molecule has 9 heteroatoms. The Labute approximate surface area is 175 Å². The standard InChI is InChI=1S/C22H15N5O4/c28-27(29)15-10-11-18-19(12-15)24-20(23-18)16-8-4-5-9-17(16)21-25-26-22(31-21)30-13-14-6-2-1-3-7-14/h1-12H,13H2,(H,23,24). The quantitative estimate of drug-likeness (QED) is 0.314. The van der Waals surface area contributed by atoms with E-state index < -0.39 is 4.92 Å². The van der Waals surface area contributed by atoms with Gasteiger partial charge in [-0.25, -0.2) is 4.98 Å². The minimum absolute atomic E-state index is 0.00640. The van der Waals surface area contributed by atoms with Gasteiger partial charge in [-0.2, -0.15) is 0 Å². The summed E-state index contributed by atoms with van der Waals surface area (Å²) in [6, 6.07) is 21.6. The van der Waals surface area contributed by atoms with E-state index in [2.05, 4.69) is 20.2 Å². The van der Waals surface area contributed by atoms with Crippen molar-refractivity contribution in [3.63, 3.8) is 0 Å². The Bertz CT molecular complexity index is 1380. The number of aromatic amines is 1. The van der Waals surface area contributed by atoms with E-state index in [1.807, 2.05) is 54.6 Å². The van der Waals surface area contributed by atoms with E-state index in [1.54, 1.807) is 6.07 Å². The third-order valence-electron chi connectivity index (χ3n) is 4.70. The molecule has 1 N–H and O–H groups in total. The lowest BCUT2D eigenvalue weighted by atomic mass is 10.1. The van der Waals surface area contributed by atoms with Gasteiger partial charge in [0.2, 0.25) is 0 Å². The van der Waals surface area contributed by atoms with Gasteiger partial charge in [0.05, 0.1) is 16.0 Å². The molecule has 0 amide bonds. The number of imidazole rings is 1. The number of aromatic nitrogens is 4. The van der Waals surface area contributed by atoms with Gasteiger partial charge in [-0.3, -0.25) is 10.1 Å². The molecule has 0 unspecified atom stereocenters. The average molecular weight is 413 g/mol. The number of nitrogens with zero attached hydrogens (tertiary/aromatic N) is 4. The van der Waals surface area contributed by atoms with Crippen molar-refractivity contribution in [2.24, 2.45) is 0 Å². The topological polar surface area (TPSA) is 120 Å². The number of fused-ring (bicyclic) bond motifs is 1. The Kier molecular flexibility index (Phi) is 4.60. The highest BCUT2D eigenvalue weighted by atomic mass is 16.6. The van der Waals surface area contributed by atoms with Crippen LogP contribution in [0.5, 0.6) is 6.08 Å². The van der Waals surface area contributed by atoms with Crippen LogP contribution in [-0.4, -0.2) is 25.1 Å². The van der Waals surface area contributed by atoms with Crippen LogP contribution < -0.4 is 4.74 Å². The monoisotopic (exact) mass is 413 g/mol. The molecule has 0 spiro atoms. The minimum atomic E-state index is -0.441. The predicted octanol–water partition coefficient (Wildman–Crippen LogP) is 4.77. The van der Waals surface area contributed by atoms with Crippen molar-refractivity contribution < 1.29 is 14.1 Å². The van der Waals surface area contributed by atoms with Crippen molar-refractivity contribution in [3.05, 3.63) is 88.5 Å². The Morgan fingerprint density at radius 1 is 0.968 bits per heavy atom. The lowest BCUT2D eigenvalue weighted by Gasteiger charge is -2.03. The molecule has 3 aromatic carbocycles. The maximum absolute atomic E-state index is 11.0. The van der Waals surface area contributed by atoms with Crippen molar-refractivity contribution in [1.82, 2.24) is 20.2 Å². The fourth-order valence-electron chi connectivity index (χ4n) is 3.21. The third-order valence-corrected chi connectivity index (χ3v) is 4.70. The van der Waals surface area contributed by atoms with Crippen LogP contribution in [0.25, 0.3) is 33.9 Å². The summed E-state index contributed by atoms with van der Waals surface area (Å²) in [6.45, 7) is 0.312. The molecule has 0 aliphatic heterocycles. The average Bonchev–Trinajstić information content (AvgIpc) is 3.45. The number of nitro groups is 1. The summed E-state index contributed by atoms with van der Waals surface area (Å²) in [5.74, 6) is 0.821. The highest BCUT2D eigenvalue weighted by molar-refractivity contribution is 5.85. The van der Waals surface area contributed by atoms with Crippen molar-refractivity contribution in [2.45, 2.75) is 6.61 Å². The molecule has 5 rings (SSSR count). The fraction of sp³-hybridized carbons (Fsp3) is 0.0455. The third kappa shape index (κ3) is 3.71. The van der Waals surface area contributed by atoms with Gasteiger partial charge in [0.25, 0.3) is 11.6 Å². The molecule has 5 aromatic rings. The Balaban J connectivity index is 1.45. The van der Waals surface area contributed by atoms with Crippen LogP contribution in [0, 0.1) is 10.1 Å². The van der Waals surface area contributed by atoms with Crippen molar-refractivity contribution >= 4 is 16.7 Å². The summed E-state index contributed by atoms with van der Waals surface area (Å²) in [5.41, 5.74) is 3.55. The summed E-state index contributed by atoms with van der Waals surface area (Å²) in [6.07, 6.45) is 0.0638. The first-order valence-corrected chi connectivity index (χ1v) is 9.41. The molecule has 0 radical (unpaired) electrons. The van der Waals surface area contributed by atoms with Crippen LogP contribution in [0.15, 0.2) is 77.2 Å². The largest absolute Gasteiger partial charge is 0.444 e. The first-order chi connectivity index (χ1) is 15.2. The smallest absolute Gasteiger partial charge is 0.415 e. The molecular formula is C22H15N5O4. The first-order valence-electron chi connectivity index (χ1n) is 9.41. The van der Waals surface area contributed by atoms with Crippen molar-refractivity contribution in [2.75, 3.05) is 0 Å². The zero-order valence-corrected chi connectivity index (χ0v) is 16.1. The Hall–Kier alpha value is -4.53. The molecular weight excluding hydrogens is 398 g/mol. The Morgan fingerprint density at radius 3 is 2.55 bits per heavy atom. The van der Waals surface area contributed by atoms with Crippen molar-refractivity contribution in [1.29, 1.82) is 0 Å². The maximum atomic E-state index is 11.0. The number of H-pyrrole nitrogens is 1. The van der Waals surface area contributed by atoms with Gasteiger partial charge in [0.15, 0.2) is 0 Å². The van der Waals surface area contributed by atoms with Gasteiger partial charge in [-0.15, -0.1) is 5.10 Å². The van der Waals surface area contributed by atoms with E-state index >= 15 is 0 Å². The predicted molar refractivity (Wildman–Crippen MR) is 112 cm³/mol. The molecule has 0 fully saturated rings. The van der Waals surface area contributed by atoms with E-state index in [4.69, 9.17) is 9.15 Å². The van der Waals surface area contributed by atoms with Crippen LogP contribution >= 0.6 is 0 Å². The zero-order chi connectivity index (χ0) is 21.2. The highest BCUT2D eigenvalue weighted by Crippen LogP contribution is 2.32. The number of ether oxygens (including phenoxy) is 1. The first kappa shape index (κ1) is 18.5. The van der Waals surface area contributed by atoms with Gasteiger partial charge in [-0.1, -0.05) is 53.6 Å². The van der Waals surface area contributed by atoms with Crippen molar-refractivity contribution in [3.8, 4) is 28.9 Å². The van der Waals surface area contributed by atoms with E-state index in [9.17, 15) is 10.1 Å². The normalized spacial score (nSPS) is 11.0. The van der Waals surface area contributed by atoms with Gasteiger partial charge in [-0.05, 0) is 17.7 Å². The molecule has 0 bridgehead atoms. The lowest BCUT2D eigenvalue weighted by molar-refractivity contribution is -0.384. The fourth-order valence-corrected chi connectivity index (χ4v) is 3.21. The molecule has 152 valence electrons. The molecule has 2 heterocycles. The van der Waals surface area contributed by atoms with E-state index in [-0.39, 0.29) is 17.7 Å². The Morgan fingerprint density at radius 2 is 1.74 bits per heavy atom. The second-order valence-electron chi connectivity index (χ2n) is 6.74. The van der Waals surface area contributed by atoms with E-state index in [0.717, 1.165) is 11.1 Å². The molecule has 9 nitrogen and oxygen atoms in total.